The summed E-state index contributed by atoms with van der Waals surface area (Å²) >= 11 is 1.65. The number of benzene rings is 1. The van der Waals surface area contributed by atoms with Crippen molar-refractivity contribution in [3.05, 3.63) is 46.2 Å². The fraction of sp³-hybridized carbons (Fsp3) is 0.500. The first-order valence-electron chi connectivity index (χ1n) is 9.42. The van der Waals surface area contributed by atoms with Crippen molar-refractivity contribution in [3.63, 3.8) is 0 Å². The molecule has 1 aromatic heterocycles. The molecule has 27 heavy (non-hydrogen) atoms. The number of nitrogens with zero attached hydrogens (tertiary/aromatic N) is 1. The Labute approximate surface area is 166 Å². The number of rotatable bonds is 7. The fourth-order valence-corrected chi connectivity index (χ4v) is 5.59. The lowest BCUT2D eigenvalue weighted by atomic mass is 10.1. The molecule has 0 saturated carbocycles. The van der Waals surface area contributed by atoms with Crippen molar-refractivity contribution in [2.75, 3.05) is 26.7 Å². The van der Waals surface area contributed by atoms with E-state index in [1.165, 1.54) is 38.4 Å². The molecule has 0 unspecified atom stereocenters. The molecule has 0 radical (unpaired) electrons. The van der Waals surface area contributed by atoms with Crippen LogP contribution in [0.4, 0.5) is 0 Å². The minimum atomic E-state index is -3.66. The third-order valence-corrected chi connectivity index (χ3v) is 7.23. The van der Waals surface area contributed by atoms with Gasteiger partial charge in [0.25, 0.3) is 0 Å². The first-order chi connectivity index (χ1) is 13.0. The number of methoxy groups -OCH3 is 1. The van der Waals surface area contributed by atoms with E-state index in [-0.39, 0.29) is 10.9 Å². The smallest absolute Gasteiger partial charge is 0.244 e. The lowest BCUT2D eigenvalue weighted by Crippen LogP contribution is -2.38. The number of hydrogen-bond acceptors (Lipinski definition) is 5. The normalized spacial score (nSPS) is 17.4. The van der Waals surface area contributed by atoms with Crippen LogP contribution in [-0.4, -0.2) is 40.1 Å². The highest BCUT2D eigenvalue weighted by Crippen LogP contribution is 2.28. The fourth-order valence-electron chi connectivity index (χ4n) is 3.59. The molecule has 0 spiro atoms. The third kappa shape index (κ3) is 5.10. The Hall–Kier alpha value is -1.41. The maximum atomic E-state index is 13.0. The summed E-state index contributed by atoms with van der Waals surface area (Å²) in [4.78, 5) is 2.62. The van der Waals surface area contributed by atoms with Gasteiger partial charge in [0.2, 0.25) is 10.0 Å². The van der Waals surface area contributed by atoms with Gasteiger partial charge in [-0.1, -0.05) is 18.9 Å². The van der Waals surface area contributed by atoms with Crippen LogP contribution in [0.15, 0.2) is 39.9 Å². The molecule has 1 aliphatic heterocycles. The van der Waals surface area contributed by atoms with Gasteiger partial charge in [-0.3, -0.25) is 4.90 Å². The summed E-state index contributed by atoms with van der Waals surface area (Å²) in [7, 11) is -2.16. The standard InChI is InChI=1S/C20H28N2O3S2/c1-16-7-8-19(25-2)20(13-16)27(23,24)21-14-18(17-9-12-26-15-17)22-10-5-3-4-6-11-22/h7-9,12-13,15,18,21H,3-6,10-11,14H2,1-2H3/t18-/m0/s1. The Bertz CT molecular complexity index is 827. The number of sulfonamides is 1. The van der Waals surface area contributed by atoms with Gasteiger partial charge >= 0.3 is 0 Å². The Morgan fingerprint density at radius 3 is 2.56 bits per heavy atom. The van der Waals surface area contributed by atoms with Crippen LogP contribution >= 0.6 is 11.3 Å². The van der Waals surface area contributed by atoms with Crippen molar-refractivity contribution in [3.8, 4) is 5.75 Å². The van der Waals surface area contributed by atoms with E-state index in [0.717, 1.165) is 18.7 Å². The molecule has 1 saturated heterocycles. The monoisotopic (exact) mass is 408 g/mol. The number of likely N-dealkylation sites (tertiary alicyclic amines) is 1. The van der Waals surface area contributed by atoms with Gasteiger partial charge in [-0.2, -0.15) is 11.3 Å². The third-order valence-electron chi connectivity index (χ3n) is 5.08. The molecular formula is C20H28N2O3S2. The van der Waals surface area contributed by atoms with E-state index in [4.69, 9.17) is 4.74 Å². The highest BCUT2D eigenvalue weighted by atomic mass is 32.2. The van der Waals surface area contributed by atoms with Gasteiger partial charge in [0.15, 0.2) is 0 Å². The van der Waals surface area contributed by atoms with Crippen molar-refractivity contribution in [1.82, 2.24) is 9.62 Å². The molecular weight excluding hydrogens is 380 g/mol. The molecule has 2 aromatic rings. The minimum absolute atomic E-state index is 0.0555. The van der Waals surface area contributed by atoms with E-state index in [9.17, 15) is 8.42 Å². The minimum Gasteiger partial charge on any atom is -0.495 e. The van der Waals surface area contributed by atoms with Crippen molar-refractivity contribution in [2.24, 2.45) is 0 Å². The highest BCUT2D eigenvalue weighted by molar-refractivity contribution is 7.89. The van der Waals surface area contributed by atoms with E-state index in [2.05, 4.69) is 26.4 Å². The number of thiophene rings is 1. The molecule has 0 amide bonds. The van der Waals surface area contributed by atoms with Crippen LogP contribution in [0.3, 0.4) is 0 Å². The summed E-state index contributed by atoms with van der Waals surface area (Å²) in [5.41, 5.74) is 2.07. The summed E-state index contributed by atoms with van der Waals surface area (Å²) in [5, 5.41) is 4.18. The van der Waals surface area contributed by atoms with E-state index in [1.54, 1.807) is 23.5 Å². The second kappa shape index (κ2) is 9.19. The summed E-state index contributed by atoms with van der Waals surface area (Å²) in [6.45, 7) is 4.26. The second-order valence-corrected chi connectivity index (χ2v) is 9.54. The molecule has 1 aliphatic rings. The van der Waals surface area contributed by atoms with Crippen LogP contribution in [0, 0.1) is 6.92 Å². The molecule has 1 aromatic carbocycles. The van der Waals surface area contributed by atoms with Crippen LogP contribution in [0.2, 0.25) is 0 Å². The van der Waals surface area contributed by atoms with E-state index >= 15 is 0 Å². The van der Waals surface area contributed by atoms with Gasteiger partial charge in [0, 0.05) is 12.6 Å². The topological polar surface area (TPSA) is 58.6 Å². The van der Waals surface area contributed by atoms with Gasteiger partial charge in [0.1, 0.15) is 10.6 Å². The van der Waals surface area contributed by atoms with Crippen LogP contribution in [-0.2, 0) is 10.0 Å². The lowest BCUT2D eigenvalue weighted by Gasteiger charge is -2.30. The van der Waals surface area contributed by atoms with Crippen molar-refractivity contribution in [2.45, 2.75) is 43.5 Å². The summed E-state index contributed by atoms with van der Waals surface area (Å²) in [6.07, 6.45) is 4.83. The SMILES string of the molecule is COc1ccc(C)cc1S(=O)(=O)NC[C@@H](c1ccsc1)N1CCCCCC1. The molecule has 3 rings (SSSR count). The Balaban J connectivity index is 1.81. The number of aryl methyl sites for hydroxylation is 1. The average Bonchev–Trinajstić information content (AvgIpc) is 3.05. The zero-order chi connectivity index (χ0) is 19.3. The molecule has 1 N–H and O–H groups in total. The van der Waals surface area contributed by atoms with Crippen LogP contribution in [0.25, 0.3) is 0 Å². The average molecular weight is 409 g/mol. The predicted molar refractivity (Wildman–Crippen MR) is 110 cm³/mol. The zero-order valence-corrected chi connectivity index (χ0v) is 17.6. The van der Waals surface area contributed by atoms with E-state index in [1.807, 2.05) is 13.0 Å². The maximum Gasteiger partial charge on any atom is 0.244 e. The molecule has 1 fully saturated rings. The lowest BCUT2D eigenvalue weighted by molar-refractivity contribution is 0.206. The van der Waals surface area contributed by atoms with E-state index < -0.39 is 10.0 Å². The molecule has 148 valence electrons. The molecule has 2 heterocycles. The largest absolute Gasteiger partial charge is 0.495 e. The quantitative estimate of drug-likeness (QED) is 0.753. The van der Waals surface area contributed by atoms with Gasteiger partial charge < -0.3 is 4.74 Å². The molecule has 0 aliphatic carbocycles. The summed E-state index contributed by atoms with van der Waals surface area (Å²) < 4.78 is 34.1. The van der Waals surface area contributed by atoms with Gasteiger partial charge in [-0.15, -0.1) is 0 Å². The van der Waals surface area contributed by atoms with Crippen molar-refractivity contribution in [1.29, 1.82) is 0 Å². The van der Waals surface area contributed by atoms with Gasteiger partial charge in [0.05, 0.1) is 7.11 Å². The number of nitrogens with one attached hydrogen (secondary N) is 1. The van der Waals surface area contributed by atoms with Crippen molar-refractivity contribution >= 4 is 21.4 Å². The second-order valence-electron chi connectivity index (χ2n) is 7.03. The van der Waals surface area contributed by atoms with Crippen molar-refractivity contribution < 1.29 is 13.2 Å². The molecule has 5 nitrogen and oxygen atoms in total. The number of hydrogen-bond donors (Lipinski definition) is 1. The van der Waals surface area contributed by atoms with Gasteiger partial charge in [-0.25, -0.2) is 13.1 Å². The molecule has 0 bridgehead atoms. The maximum absolute atomic E-state index is 13.0. The van der Waals surface area contributed by atoms with Crippen LogP contribution in [0.1, 0.15) is 42.9 Å². The van der Waals surface area contributed by atoms with Crippen LogP contribution in [0.5, 0.6) is 5.75 Å². The zero-order valence-electron chi connectivity index (χ0n) is 16.0. The molecule has 7 heteroatoms. The highest BCUT2D eigenvalue weighted by Gasteiger charge is 2.26. The Morgan fingerprint density at radius 1 is 1.19 bits per heavy atom. The first kappa shape index (κ1) is 20.3. The first-order valence-corrected chi connectivity index (χ1v) is 11.8. The Morgan fingerprint density at radius 2 is 1.93 bits per heavy atom. The number of ether oxygens (including phenoxy) is 1. The van der Waals surface area contributed by atoms with Crippen LogP contribution < -0.4 is 9.46 Å². The van der Waals surface area contributed by atoms with E-state index in [0.29, 0.717) is 12.3 Å². The summed E-state index contributed by atoms with van der Waals surface area (Å²) in [5.74, 6) is 0.370. The summed E-state index contributed by atoms with van der Waals surface area (Å²) in [6, 6.07) is 7.37. The predicted octanol–water partition coefficient (Wildman–Crippen LogP) is 3.96. The Kier molecular flexibility index (Phi) is 6.92. The molecule has 1 atom stereocenters. The van der Waals surface area contributed by atoms with Gasteiger partial charge in [-0.05, 0) is 72.9 Å².